The maximum Gasteiger partial charge on any atom is 0.425 e. The Kier molecular flexibility index (Phi) is 11.8. The molecule has 68 heavy (non-hydrogen) atoms. The summed E-state index contributed by atoms with van der Waals surface area (Å²) in [6, 6.07) is 17.7. The van der Waals surface area contributed by atoms with E-state index in [0.29, 0.717) is 22.3 Å². The standard InChI is InChI=1S/C50H53F6N7O5/c1-5-46(28-13-11-19-58-24-28,41-26(3)39(41)43(65)60-32-21-36(49(51,52)53)67-34-17-9-7-15-30(32)34)48(23-38(64)62-45(57)63-48)47(6-2,29-14-12-20-59-25-29)42-27(4)40(42)44(66)61-33-22-37(50(54,55)56)68-35-18-10-8-16-31(33)35/h7-20,24-27,32-33,36-37,39-42H,5-6,21-23H2,1-4H3,(H,60,65)(H,61,66)(H3,57,62,63,64)/t26?,27?,32-,33-,36+,37+,39?,40?,41?,42?,46?,47?,48?/m0/s1. The number of hydrogen-bond acceptors (Lipinski definition) is 9. The predicted molar refractivity (Wildman–Crippen MR) is 237 cm³/mol. The van der Waals surface area contributed by atoms with E-state index in [0.717, 1.165) is 0 Å². The third-order valence-corrected chi connectivity index (χ3v) is 15.8. The summed E-state index contributed by atoms with van der Waals surface area (Å²) in [5, 5.41) is 8.63. The van der Waals surface area contributed by atoms with Gasteiger partial charge in [-0.1, -0.05) is 76.2 Å². The fourth-order valence-corrected chi connectivity index (χ4v) is 13.0. The summed E-state index contributed by atoms with van der Waals surface area (Å²) >= 11 is 0. The molecule has 8 unspecified atom stereocenters. The smallest absolute Gasteiger partial charge is 0.425 e. The number of halogens is 6. The van der Waals surface area contributed by atoms with Crippen molar-refractivity contribution in [3.63, 3.8) is 0 Å². The number of amides is 3. The molecule has 2 aliphatic carbocycles. The maximum atomic E-state index is 14.9. The van der Waals surface area contributed by atoms with Gasteiger partial charge in [-0.05, 0) is 71.9 Å². The molecule has 9 rings (SSSR count). The van der Waals surface area contributed by atoms with Crippen molar-refractivity contribution in [1.29, 1.82) is 0 Å². The third kappa shape index (κ3) is 7.52. The Morgan fingerprint density at radius 1 is 0.706 bits per heavy atom. The zero-order valence-electron chi connectivity index (χ0n) is 37.8. The van der Waals surface area contributed by atoms with Gasteiger partial charge >= 0.3 is 12.4 Å². The first-order chi connectivity index (χ1) is 32.3. The molecule has 12 nitrogen and oxygen atoms in total. The number of nitrogens with one attached hydrogen (secondary N) is 3. The van der Waals surface area contributed by atoms with E-state index in [2.05, 4.69) is 25.9 Å². The summed E-state index contributed by atoms with van der Waals surface area (Å²) in [4.78, 5) is 58.8. The number of fused-ring (bicyclic) bond motifs is 2. The first kappa shape index (κ1) is 46.9. The van der Waals surface area contributed by atoms with Crippen LogP contribution in [0.25, 0.3) is 0 Å². The molecular weight excluding hydrogens is 893 g/mol. The van der Waals surface area contributed by atoms with Crippen LogP contribution in [-0.4, -0.2) is 63.7 Å². The summed E-state index contributed by atoms with van der Waals surface area (Å²) in [5.41, 5.74) is 4.55. The van der Waals surface area contributed by atoms with Crippen LogP contribution in [0.5, 0.6) is 11.5 Å². The number of benzene rings is 2. The molecule has 2 aromatic carbocycles. The minimum atomic E-state index is -4.71. The number of hydrogen-bond donors (Lipinski definition) is 4. The summed E-state index contributed by atoms with van der Waals surface area (Å²) in [6.07, 6.45) is -8.09. The van der Waals surface area contributed by atoms with Crippen LogP contribution in [0.2, 0.25) is 0 Å². The van der Waals surface area contributed by atoms with Crippen LogP contribution in [0.15, 0.2) is 103 Å². The number of aliphatic imine (C=N–C) groups is 1. The second-order valence-corrected chi connectivity index (χ2v) is 19.0. The normalized spacial score (nSPS) is 31.4. The van der Waals surface area contributed by atoms with Gasteiger partial charge in [0.1, 0.15) is 11.5 Å². The first-order valence-electron chi connectivity index (χ1n) is 23.0. The highest BCUT2D eigenvalue weighted by molar-refractivity contribution is 6.00. The third-order valence-electron chi connectivity index (χ3n) is 15.8. The fourth-order valence-electron chi connectivity index (χ4n) is 13.0. The Morgan fingerprint density at radius 2 is 1.13 bits per heavy atom. The number of alkyl halides is 6. The number of carbonyl (C=O) groups excluding carboxylic acids is 3. The zero-order chi connectivity index (χ0) is 48.6. The Bertz CT molecular complexity index is 2440. The molecule has 5 heterocycles. The van der Waals surface area contributed by atoms with E-state index >= 15 is 0 Å². The zero-order valence-corrected chi connectivity index (χ0v) is 37.8. The van der Waals surface area contributed by atoms with Crippen LogP contribution in [0.1, 0.15) is 94.1 Å². The Labute approximate surface area is 389 Å². The minimum Gasteiger partial charge on any atom is -0.480 e. The quantitative estimate of drug-likeness (QED) is 0.104. The SMILES string of the molecule is CCC(c1cccnc1)(C1C(C)C1C(=O)N[C@H]1C[C@H](C(F)(F)F)Oc2ccccc21)C1(C(CC)(c2cccnc2)C2C(C)C2C(=O)N[C@H]2C[C@H](C(F)(F)F)Oc3ccccc32)CC(=O)NC(N)=N1. The maximum absolute atomic E-state index is 14.9. The van der Waals surface area contributed by atoms with Crippen LogP contribution < -0.4 is 31.2 Å². The minimum absolute atomic E-state index is 0.0181. The molecule has 5 aliphatic rings. The average Bonchev–Trinajstić information content (AvgIpc) is 4.20. The first-order valence-corrected chi connectivity index (χ1v) is 23.0. The molecule has 12 atom stereocenters. The number of nitrogens with two attached hydrogens (primary N) is 1. The van der Waals surface area contributed by atoms with Crippen molar-refractivity contribution in [2.45, 2.75) is 113 Å². The molecule has 0 bridgehead atoms. The highest BCUT2D eigenvalue weighted by atomic mass is 19.4. The van der Waals surface area contributed by atoms with E-state index < -0.39 is 119 Å². The highest BCUT2D eigenvalue weighted by Gasteiger charge is 2.79. The van der Waals surface area contributed by atoms with E-state index in [1.165, 1.54) is 12.1 Å². The van der Waals surface area contributed by atoms with Gasteiger partial charge in [0.2, 0.25) is 17.7 Å². The lowest BCUT2D eigenvalue weighted by Gasteiger charge is -2.60. The Morgan fingerprint density at radius 3 is 1.50 bits per heavy atom. The van der Waals surface area contributed by atoms with E-state index in [-0.39, 0.29) is 36.7 Å². The highest BCUT2D eigenvalue weighted by Crippen LogP contribution is 2.73. The van der Waals surface area contributed by atoms with E-state index in [1.54, 1.807) is 73.3 Å². The van der Waals surface area contributed by atoms with Gasteiger partial charge in [-0.25, -0.2) is 4.99 Å². The van der Waals surface area contributed by atoms with Gasteiger partial charge in [-0.15, -0.1) is 0 Å². The summed E-state index contributed by atoms with van der Waals surface area (Å²) in [6.45, 7) is 7.64. The molecule has 2 aromatic heterocycles. The van der Waals surface area contributed by atoms with Gasteiger partial charge in [0, 0.05) is 71.4 Å². The molecule has 3 amide bonds. The number of carbonyl (C=O) groups is 3. The van der Waals surface area contributed by atoms with Crippen LogP contribution in [0.4, 0.5) is 26.3 Å². The van der Waals surface area contributed by atoms with Crippen molar-refractivity contribution in [3.8, 4) is 11.5 Å². The molecule has 0 radical (unpaired) electrons. The molecule has 0 saturated heterocycles. The number of nitrogens with zero attached hydrogens (tertiary/aromatic N) is 3. The lowest BCUT2D eigenvalue weighted by Crippen LogP contribution is -2.70. The van der Waals surface area contributed by atoms with Gasteiger partial charge in [-0.2, -0.15) is 26.3 Å². The second kappa shape index (κ2) is 17.1. The van der Waals surface area contributed by atoms with Crippen molar-refractivity contribution >= 4 is 23.7 Å². The lowest BCUT2D eigenvalue weighted by atomic mass is 9.45. The second-order valence-electron chi connectivity index (χ2n) is 19.0. The predicted octanol–water partition coefficient (Wildman–Crippen LogP) is 7.95. The summed E-state index contributed by atoms with van der Waals surface area (Å²) in [5.74, 6) is -5.38. The Balaban J connectivity index is 1.17. The number of pyridine rings is 2. The number of guanidine groups is 1. The molecule has 2 saturated carbocycles. The van der Waals surface area contributed by atoms with Crippen molar-refractivity contribution in [3.05, 3.63) is 120 Å². The van der Waals surface area contributed by atoms with E-state index in [4.69, 9.17) is 20.2 Å². The van der Waals surface area contributed by atoms with Crippen LogP contribution in [-0.2, 0) is 25.2 Å². The van der Waals surface area contributed by atoms with Gasteiger partial charge in [-0.3, -0.25) is 29.7 Å². The van der Waals surface area contributed by atoms with Gasteiger partial charge in [0.15, 0.2) is 18.2 Å². The van der Waals surface area contributed by atoms with Gasteiger partial charge in [0.25, 0.3) is 0 Å². The molecule has 5 N–H and O–H groups in total. The van der Waals surface area contributed by atoms with Crippen molar-refractivity contribution in [2.75, 3.05) is 0 Å². The molecular formula is C50H53F6N7O5. The molecule has 0 spiro atoms. The van der Waals surface area contributed by atoms with E-state index in [1.807, 2.05) is 39.8 Å². The molecule has 18 heteroatoms. The lowest BCUT2D eigenvalue weighted by molar-refractivity contribution is -0.202. The van der Waals surface area contributed by atoms with Crippen molar-refractivity contribution in [2.24, 2.45) is 46.2 Å². The molecule has 3 aliphatic heterocycles. The van der Waals surface area contributed by atoms with Crippen molar-refractivity contribution < 1.29 is 50.2 Å². The summed E-state index contributed by atoms with van der Waals surface area (Å²) < 4.78 is 96.3. The summed E-state index contributed by atoms with van der Waals surface area (Å²) in [7, 11) is 0. The van der Waals surface area contributed by atoms with Crippen LogP contribution >= 0.6 is 0 Å². The Hall–Kier alpha value is -6.20. The van der Waals surface area contributed by atoms with Crippen LogP contribution in [0, 0.1) is 35.5 Å². The molecule has 2 fully saturated rings. The van der Waals surface area contributed by atoms with Crippen molar-refractivity contribution in [1.82, 2.24) is 25.9 Å². The number of rotatable bonds is 12. The molecule has 4 aromatic rings. The average molecular weight is 946 g/mol. The topological polar surface area (TPSA) is 170 Å². The van der Waals surface area contributed by atoms with Gasteiger partial charge < -0.3 is 25.8 Å². The molecule has 360 valence electrons. The largest absolute Gasteiger partial charge is 0.480 e. The number of ether oxygens (including phenoxy) is 2. The van der Waals surface area contributed by atoms with Gasteiger partial charge in [0.05, 0.1) is 24.0 Å². The monoisotopic (exact) mass is 945 g/mol. The number of aromatic nitrogens is 2. The van der Waals surface area contributed by atoms with E-state index in [9.17, 15) is 40.7 Å². The fraction of sp³-hybridized carbons (Fsp3) is 0.480. The number of para-hydroxylation sites is 2. The van der Waals surface area contributed by atoms with Crippen LogP contribution in [0.3, 0.4) is 0 Å².